The van der Waals surface area contributed by atoms with Crippen molar-refractivity contribution in [2.75, 3.05) is 0 Å². The maximum atomic E-state index is 11.9. The lowest BCUT2D eigenvalue weighted by Gasteiger charge is -2.17. The Hall–Kier alpha value is -2.36. The maximum absolute atomic E-state index is 11.9. The zero-order chi connectivity index (χ0) is 16.3. The molecule has 4 heteroatoms. The zero-order valence-corrected chi connectivity index (χ0v) is 13.4. The van der Waals surface area contributed by atoms with Crippen LogP contribution in [0.4, 0.5) is 0 Å². The number of benzene rings is 1. The molecule has 0 aliphatic rings. The number of ether oxygens (including phenoxy) is 1. The minimum atomic E-state index is -0.510. The van der Waals surface area contributed by atoms with Gasteiger partial charge in [0.1, 0.15) is 5.60 Å². The van der Waals surface area contributed by atoms with Crippen LogP contribution in [0.1, 0.15) is 44.5 Å². The minimum Gasteiger partial charge on any atom is -0.457 e. The molecular formula is C18H21NO3. The van der Waals surface area contributed by atoms with Gasteiger partial charge in [0.2, 0.25) is 5.91 Å². The molecule has 2 rings (SSSR count). The number of carbonyl (C=O) groups is 2. The Kier molecular flexibility index (Phi) is 4.50. The van der Waals surface area contributed by atoms with E-state index >= 15 is 0 Å². The Bertz CT molecular complexity index is 732. The molecule has 0 amide bonds. The van der Waals surface area contributed by atoms with Crippen molar-refractivity contribution in [3.05, 3.63) is 42.1 Å². The van der Waals surface area contributed by atoms with Crippen molar-refractivity contribution in [1.29, 1.82) is 0 Å². The second kappa shape index (κ2) is 6.18. The highest BCUT2D eigenvalue weighted by Crippen LogP contribution is 2.22. The van der Waals surface area contributed by atoms with E-state index in [1.165, 1.54) is 6.08 Å². The smallest absolute Gasteiger partial charge is 0.331 e. The standard InChI is InChI=1S/C18H21NO3/c1-5-16(20)19-12-11-14-13(7-6-8-15(14)19)9-10-17(21)22-18(2,3)4/h6-12H,5H2,1-4H3/b10-9+. The molecule has 0 atom stereocenters. The van der Waals surface area contributed by atoms with Crippen LogP contribution in [-0.2, 0) is 9.53 Å². The van der Waals surface area contributed by atoms with Gasteiger partial charge in [-0.05, 0) is 44.5 Å². The lowest BCUT2D eigenvalue weighted by Crippen LogP contribution is -2.22. The molecule has 1 heterocycles. The van der Waals surface area contributed by atoms with E-state index in [9.17, 15) is 9.59 Å². The number of rotatable bonds is 3. The third-order valence-corrected chi connectivity index (χ3v) is 3.14. The summed E-state index contributed by atoms with van der Waals surface area (Å²) in [5.41, 5.74) is 1.22. The summed E-state index contributed by atoms with van der Waals surface area (Å²) in [6.07, 6.45) is 5.35. The van der Waals surface area contributed by atoms with E-state index in [-0.39, 0.29) is 11.9 Å². The highest BCUT2D eigenvalue weighted by Gasteiger charge is 2.14. The normalized spacial score (nSPS) is 12.0. The molecule has 0 aliphatic heterocycles. The zero-order valence-electron chi connectivity index (χ0n) is 13.4. The minimum absolute atomic E-state index is 0.0447. The predicted octanol–water partition coefficient (Wildman–Crippen LogP) is 4.05. The quantitative estimate of drug-likeness (QED) is 0.634. The van der Waals surface area contributed by atoms with E-state index in [2.05, 4.69) is 0 Å². The first kappa shape index (κ1) is 16.0. The Morgan fingerprint density at radius 2 is 1.95 bits per heavy atom. The predicted molar refractivity (Wildman–Crippen MR) is 87.7 cm³/mol. The first-order valence-corrected chi connectivity index (χ1v) is 7.36. The van der Waals surface area contributed by atoms with Gasteiger partial charge in [-0.25, -0.2) is 4.79 Å². The Morgan fingerprint density at radius 1 is 1.23 bits per heavy atom. The number of fused-ring (bicyclic) bond motifs is 1. The molecule has 0 N–H and O–H groups in total. The van der Waals surface area contributed by atoms with Gasteiger partial charge in [0.25, 0.3) is 0 Å². The van der Waals surface area contributed by atoms with Crippen LogP contribution >= 0.6 is 0 Å². The van der Waals surface area contributed by atoms with Crippen molar-refractivity contribution < 1.29 is 14.3 Å². The SMILES string of the molecule is CCC(=O)n1ccc2c(/C=C/C(=O)OC(C)(C)C)cccc21. The van der Waals surface area contributed by atoms with E-state index in [1.54, 1.807) is 16.8 Å². The number of aromatic nitrogens is 1. The Balaban J connectivity index is 2.31. The number of esters is 1. The molecule has 1 aromatic heterocycles. The summed E-state index contributed by atoms with van der Waals surface area (Å²) < 4.78 is 6.89. The number of hydrogen-bond acceptors (Lipinski definition) is 3. The van der Waals surface area contributed by atoms with Crippen LogP contribution in [-0.4, -0.2) is 22.0 Å². The van der Waals surface area contributed by atoms with Crippen LogP contribution in [0.5, 0.6) is 0 Å². The molecule has 0 spiro atoms. The molecule has 0 aliphatic carbocycles. The average molecular weight is 299 g/mol. The monoisotopic (exact) mass is 299 g/mol. The third kappa shape index (κ3) is 3.64. The number of hydrogen-bond donors (Lipinski definition) is 0. The molecule has 0 radical (unpaired) electrons. The first-order valence-electron chi connectivity index (χ1n) is 7.36. The van der Waals surface area contributed by atoms with Crippen LogP contribution < -0.4 is 0 Å². The largest absolute Gasteiger partial charge is 0.457 e. The van der Waals surface area contributed by atoms with E-state index in [0.717, 1.165) is 16.5 Å². The molecule has 0 saturated carbocycles. The fourth-order valence-corrected chi connectivity index (χ4v) is 2.22. The second-order valence-electron chi connectivity index (χ2n) is 6.08. The molecule has 0 saturated heterocycles. The molecule has 0 bridgehead atoms. The maximum Gasteiger partial charge on any atom is 0.331 e. The summed E-state index contributed by atoms with van der Waals surface area (Å²) in [6.45, 7) is 7.32. The molecule has 0 unspecified atom stereocenters. The van der Waals surface area contributed by atoms with Crippen LogP contribution in [0.15, 0.2) is 36.5 Å². The summed E-state index contributed by atoms with van der Waals surface area (Å²) in [5, 5.41) is 0.934. The van der Waals surface area contributed by atoms with Crippen molar-refractivity contribution in [3.8, 4) is 0 Å². The van der Waals surface area contributed by atoms with Gasteiger partial charge in [-0.15, -0.1) is 0 Å². The van der Waals surface area contributed by atoms with Gasteiger partial charge in [0.05, 0.1) is 5.52 Å². The van der Waals surface area contributed by atoms with Crippen molar-refractivity contribution in [2.24, 2.45) is 0 Å². The van der Waals surface area contributed by atoms with Crippen molar-refractivity contribution in [1.82, 2.24) is 4.57 Å². The summed E-state index contributed by atoms with van der Waals surface area (Å²) in [7, 11) is 0. The topological polar surface area (TPSA) is 48.3 Å². The first-order chi connectivity index (χ1) is 10.3. The Morgan fingerprint density at radius 3 is 2.59 bits per heavy atom. The van der Waals surface area contributed by atoms with E-state index < -0.39 is 5.60 Å². The average Bonchev–Trinajstić information content (AvgIpc) is 2.86. The van der Waals surface area contributed by atoms with Crippen LogP contribution in [0.2, 0.25) is 0 Å². The van der Waals surface area contributed by atoms with Crippen molar-refractivity contribution >= 4 is 28.9 Å². The van der Waals surface area contributed by atoms with Gasteiger partial charge in [0.15, 0.2) is 0 Å². The summed E-state index contributed by atoms with van der Waals surface area (Å²) in [5.74, 6) is -0.336. The number of carbonyl (C=O) groups excluding carboxylic acids is 2. The van der Waals surface area contributed by atoms with Gasteiger partial charge in [-0.2, -0.15) is 0 Å². The van der Waals surface area contributed by atoms with Gasteiger partial charge in [-0.1, -0.05) is 19.1 Å². The Labute approximate surface area is 130 Å². The lowest BCUT2D eigenvalue weighted by molar-refractivity contribution is -0.148. The molecule has 22 heavy (non-hydrogen) atoms. The van der Waals surface area contributed by atoms with Gasteiger partial charge >= 0.3 is 5.97 Å². The second-order valence-corrected chi connectivity index (χ2v) is 6.08. The van der Waals surface area contributed by atoms with Gasteiger partial charge < -0.3 is 4.74 Å². The van der Waals surface area contributed by atoms with Crippen LogP contribution in [0, 0.1) is 0 Å². The van der Waals surface area contributed by atoms with E-state index in [0.29, 0.717) is 6.42 Å². The lowest BCUT2D eigenvalue weighted by atomic mass is 10.1. The van der Waals surface area contributed by atoms with Crippen molar-refractivity contribution in [2.45, 2.75) is 39.7 Å². The molecule has 0 fully saturated rings. The van der Waals surface area contributed by atoms with E-state index in [1.807, 2.05) is 52.0 Å². The molecular weight excluding hydrogens is 278 g/mol. The number of nitrogens with zero attached hydrogens (tertiary/aromatic N) is 1. The third-order valence-electron chi connectivity index (χ3n) is 3.14. The molecule has 116 valence electrons. The molecule has 4 nitrogen and oxygen atoms in total. The van der Waals surface area contributed by atoms with Gasteiger partial charge in [-0.3, -0.25) is 9.36 Å². The van der Waals surface area contributed by atoms with Gasteiger partial charge in [0, 0.05) is 24.1 Å². The molecule has 2 aromatic rings. The fourth-order valence-electron chi connectivity index (χ4n) is 2.22. The highest BCUT2D eigenvalue weighted by molar-refractivity contribution is 5.98. The van der Waals surface area contributed by atoms with Crippen LogP contribution in [0.25, 0.3) is 17.0 Å². The highest BCUT2D eigenvalue weighted by atomic mass is 16.6. The summed E-state index contributed by atoms with van der Waals surface area (Å²) in [4.78, 5) is 23.7. The fraction of sp³-hybridized carbons (Fsp3) is 0.333. The van der Waals surface area contributed by atoms with Crippen molar-refractivity contribution in [3.63, 3.8) is 0 Å². The molecule has 1 aromatic carbocycles. The van der Waals surface area contributed by atoms with Crippen LogP contribution in [0.3, 0.4) is 0 Å². The van der Waals surface area contributed by atoms with E-state index in [4.69, 9.17) is 4.74 Å². The summed E-state index contributed by atoms with van der Waals surface area (Å²) >= 11 is 0. The summed E-state index contributed by atoms with van der Waals surface area (Å²) in [6, 6.07) is 7.56.